The van der Waals surface area contributed by atoms with E-state index in [0.717, 1.165) is 42.3 Å². The first-order chi connectivity index (χ1) is 13.6. The van der Waals surface area contributed by atoms with Crippen LogP contribution < -0.4 is 9.47 Å². The number of ether oxygens (including phenoxy) is 2. The molecule has 4 heteroatoms. The minimum Gasteiger partial charge on any atom is -0.494 e. The van der Waals surface area contributed by atoms with Crippen molar-refractivity contribution in [1.82, 2.24) is 0 Å². The Balaban J connectivity index is 1.75. The van der Waals surface area contributed by atoms with Crippen molar-refractivity contribution in [1.29, 1.82) is 0 Å². The Hall–Kier alpha value is -2.62. The topological polar surface area (TPSA) is 43.2 Å². The summed E-state index contributed by atoms with van der Waals surface area (Å²) in [6.07, 6.45) is 5.73. The lowest BCUT2D eigenvalue weighted by atomic mass is 10.0. The van der Waals surface area contributed by atoms with E-state index in [1.54, 1.807) is 0 Å². The van der Waals surface area contributed by atoms with E-state index in [0.29, 0.717) is 12.5 Å². The standard InChI is InChI=1S/C24H32N2O2/c1-5-27-23-13-9-21(10-14-23)25-26-22-11-15-24(16-12-22)28-18-17-20(4)8-6-7-19(2)3/h7,9-16,20H,5-6,8,17-18H2,1-4H3. The molecule has 0 bridgehead atoms. The molecule has 0 aromatic heterocycles. The van der Waals surface area contributed by atoms with Crippen LogP contribution in [0.15, 0.2) is 70.4 Å². The number of hydrogen-bond donors (Lipinski definition) is 0. The van der Waals surface area contributed by atoms with E-state index in [-0.39, 0.29) is 0 Å². The van der Waals surface area contributed by atoms with Crippen LogP contribution in [-0.4, -0.2) is 13.2 Å². The molecule has 1 unspecified atom stereocenters. The molecule has 0 saturated heterocycles. The van der Waals surface area contributed by atoms with Crippen LogP contribution in [0.4, 0.5) is 11.4 Å². The van der Waals surface area contributed by atoms with E-state index in [4.69, 9.17) is 9.47 Å². The minimum absolute atomic E-state index is 0.657. The van der Waals surface area contributed by atoms with E-state index in [1.807, 2.05) is 55.5 Å². The van der Waals surface area contributed by atoms with Crippen molar-refractivity contribution in [3.63, 3.8) is 0 Å². The molecule has 2 aromatic rings. The van der Waals surface area contributed by atoms with Gasteiger partial charge in [0, 0.05) is 0 Å². The van der Waals surface area contributed by atoms with Gasteiger partial charge >= 0.3 is 0 Å². The van der Waals surface area contributed by atoms with E-state index < -0.39 is 0 Å². The molecule has 0 radical (unpaired) electrons. The van der Waals surface area contributed by atoms with Gasteiger partial charge in [-0.3, -0.25) is 0 Å². The molecule has 0 heterocycles. The van der Waals surface area contributed by atoms with Gasteiger partial charge in [0.05, 0.1) is 24.6 Å². The average Bonchev–Trinajstić information content (AvgIpc) is 2.68. The summed E-state index contributed by atoms with van der Waals surface area (Å²) < 4.78 is 11.3. The van der Waals surface area contributed by atoms with Crippen LogP contribution in [0.2, 0.25) is 0 Å². The molecule has 0 spiro atoms. The smallest absolute Gasteiger partial charge is 0.119 e. The Morgan fingerprint density at radius 3 is 1.89 bits per heavy atom. The molecule has 0 aliphatic carbocycles. The molecular formula is C24H32N2O2. The minimum atomic E-state index is 0.657. The van der Waals surface area contributed by atoms with Gasteiger partial charge in [0.1, 0.15) is 11.5 Å². The Bertz CT molecular complexity index is 745. The molecule has 0 aliphatic rings. The Kier molecular flexibility index (Phi) is 9.26. The highest BCUT2D eigenvalue weighted by molar-refractivity contribution is 5.44. The first-order valence-electron chi connectivity index (χ1n) is 10.1. The largest absolute Gasteiger partial charge is 0.494 e. The van der Waals surface area contributed by atoms with Crippen LogP contribution >= 0.6 is 0 Å². The fourth-order valence-electron chi connectivity index (χ4n) is 2.68. The van der Waals surface area contributed by atoms with Gasteiger partial charge in [-0.15, -0.1) is 0 Å². The van der Waals surface area contributed by atoms with E-state index in [9.17, 15) is 0 Å². The molecule has 0 amide bonds. The maximum atomic E-state index is 5.86. The summed E-state index contributed by atoms with van der Waals surface area (Å²) >= 11 is 0. The lowest BCUT2D eigenvalue weighted by molar-refractivity contribution is 0.279. The van der Waals surface area contributed by atoms with Crippen LogP contribution in [0.25, 0.3) is 0 Å². The molecule has 0 fully saturated rings. The van der Waals surface area contributed by atoms with Gasteiger partial charge in [0.2, 0.25) is 0 Å². The summed E-state index contributed by atoms with van der Waals surface area (Å²) in [6.45, 7) is 9.94. The highest BCUT2D eigenvalue weighted by Gasteiger charge is 2.02. The molecule has 2 rings (SSSR count). The van der Waals surface area contributed by atoms with Crippen molar-refractivity contribution in [2.75, 3.05) is 13.2 Å². The average molecular weight is 381 g/mol. The third-order valence-corrected chi connectivity index (χ3v) is 4.36. The van der Waals surface area contributed by atoms with Gasteiger partial charge < -0.3 is 9.47 Å². The summed E-state index contributed by atoms with van der Waals surface area (Å²) in [4.78, 5) is 0. The van der Waals surface area contributed by atoms with Crippen LogP contribution in [0.1, 0.15) is 47.0 Å². The van der Waals surface area contributed by atoms with Crippen molar-refractivity contribution in [2.24, 2.45) is 16.1 Å². The van der Waals surface area contributed by atoms with Crippen molar-refractivity contribution in [3.05, 3.63) is 60.2 Å². The predicted molar refractivity (Wildman–Crippen MR) is 116 cm³/mol. The van der Waals surface area contributed by atoms with E-state index >= 15 is 0 Å². The molecular weight excluding hydrogens is 348 g/mol. The van der Waals surface area contributed by atoms with E-state index in [2.05, 4.69) is 37.1 Å². The van der Waals surface area contributed by atoms with Gasteiger partial charge in [0.15, 0.2) is 0 Å². The number of rotatable bonds is 11. The lowest BCUT2D eigenvalue weighted by Crippen LogP contribution is -2.04. The van der Waals surface area contributed by atoms with Gasteiger partial charge in [-0.25, -0.2) is 0 Å². The summed E-state index contributed by atoms with van der Waals surface area (Å²) in [5.74, 6) is 2.38. The van der Waals surface area contributed by atoms with Crippen LogP contribution in [-0.2, 0) is 0 Å². The Morgan fingerprint density at radius 2 is 1.39 bits per heavy atom. The Labute approximate surface area is 169 Å². The third-order valence-electron chi connectivity index (χ3n) is 4.36. The van der Waals surface area contributed by atoms with E-state index in [1.165, 1.54) is 12.0 Å². The highest BCUT2D eigenvalue weighted by atomic mass is 16.5. The monoisotopic (exact) mass is 380 g/mol. The maximum Gasteiger partial charge on any atom is 0.119 e. The molecule has 4 nitrogen and oxygen atoms in total. The number of allylic oxidation sites excluding steroid dienone is 2. The van der Waals surface area contributed by atoms with Gasteiger partial charge in [-0.1, -0.05) is 18.6 Å². The highest BCUT2D eigenvalue weighted by Crippen LogP contribution is 2.23. The number of benzene rings is 2. The number of nitrogens with zero attached hydrogens (tertiary/aromatic N) is 2. The first kappa shape index (κ1) is 21.7. The second kappa shape index (κ2) is 12.0. The van der Waals surface area contributed by atoms with Crippen LogP contribution in [0, 0.1) is 5.92 Å². The normalized spacial score (nSPS) is 12.0. The first-order valence-corrected chi connectivity index (χ1v) is 10.1. The number of azo groups is 1. The van der Waals surface area contributed by atoms with Crippen LogP contribution in [0.5, 0.6) is 11.5 Å². The second-order valence-corrected chi connectivity index (χ2v) is 7.22. The summed E-state index contributed by atoms with van der Waals surface area (Å²) in [6, 6.07) is 15.3. The van der Waals surface area contributed by atoms with Crippen molar-refractivity contribution < 1.29 is 9.47 Å². The zero-order valence-electron chi connectivity index (χ0n) is 17.5. The predicted octanol–water partition coefficient (Wildman–Crippen LogP) is 7.65. The quantitative estimate of drug-likeness (QED) is 0.297. The molecule has 2 aromatic carbocycles. The molecule has 150 valence electrons. The molecule has 1 atom stereocenters. The second-order valence-electron chi connectivity index (χ2n) is 7.22. The molecule has 0 saturated carbocycles. The van der Waals surface area contributed by atoms with Crippen molar-refractivity contribution in [2.45, 2.75) is 47.0 Å². The maximum absolute atomic E-state index is 5.86. The lowest BCUT2D eigenvalue weighted by Gasteiger charge is -2.11. The Morgan fingerprint density at radius 1 is 0.857 bits per heavy atom. The summed E-state index contributed by atoms with van der Waals surface area (Å²) in [5, 5.41) is 8.53. The van der Waals surface area contributed by atoms with Gasteiger partial charge in [-0.2, -0.15) is 10.2 Å². The molecule has 0 aliphatic heterocycles. The summed E-state index contributed by atoms with van der Waals surface area (Å²) in [7, 11) is 0. The third kappa shape index (κ3) is 8.38. The fourth-order valence-corrected chi connectivity index (χ4v) is 2.68. The van der Waals surface area contributed by atoms with Gasteiger partial charge in [0.25, 0.3) is 0 Å². The summed E-state index contributed by atoms with van der Waals surface area (Å²) in [5.41, 5.74) is 2.99. The fraction of sp³-hybridized carbons (Fsp3) is 0.417. The zero-order chi connectivity index (χ0) is 20.2. The van der Waals surface area contributed by atoms with Crippen molar-refractivity contribution in [3.8, 4) is 11.5 Å². The zero-order valence-corrected chi connectivity index (χ0v) is 17.5. The number of hydrogen-bond acceptors (Lipinski definition) is 4. The van der Waals surface area contributed by atoms with Crippen molar-refractivity contribution >= 4 is 11.4 Å². The van der Waals surface area contributed by atoms with Gasteiger partial charge in [-0.05, 0) is 94.5 Å². The molecule has 0 N–H and O–H groups in total. The molecule has 28 heavy (non-hydrogen) atoms. The SMILES string of the molecule is CCOc1ccc(N=Nc2ccc(OCCC(C)CCC=C(C)C)cc2)cc1. The van der Waals surface area contributed by atoms with Crippen LogP contribution in [0.3, 0.4) is 0 Å².